The first kappa shape index (κ1) is 26.5. The van der Waals surface area contributed by atoms with Crippen LogP contribution in [-0.2, 0) is 11.8 Å². The Labute approximate surface area is 233 Å². The summed E-state index contributed by atoms with van der Waals surface area (Å²) in [6, 6.07) is 33.6. The van der Waals surface area contributed by atoms with Gasteiger partial charge in [-0.25, -0.2) is 4.79 Å². The average molecular weight is 536 g/mol. The van der Waals surface area contributed by atoms with Crippen LogP contribution < -0.4 is 0 Å². The number of halogens is 1. The van der Waals surface area contributed by atoms with Gasteiger partial charge in [0.1, 0.15) is 0 Å². The molecule has 0 saturated carbocycles. The van der Waals surface area contributed by atoms with E-state index in [-0.39, 0.29) is 16.9 Å². The zero-order valence-corrected chi connectivity index (χ0v) is 22.9. The highest BCUT2D eigenvalue weighted by Crippen LogP contribution is 2.34. The summed E-state index contributed by atoms with van der Waals surface area (Å²) >= 11 is 6.07. The number of hydrogen-bond donors (Lipinski definition) is 1. The van der Waals surface area contributed by atoms with Crippen molar-refractivity contribution in [1.82, 2.24) is 5.16 Å². The van der Waals surface area contributed by atoms with Crippen molar-refractivity contribution in [2.24, 2.45) is 0 Å². The molecule has 1 N–H and O–H groups in total. The molecule has 0 aliphatic carbocycles. The fraction of sp³-hybridized carbons (Fsp3) is 0.176. The molecule has 5 heteroatoms. The second-order valence-corrected chi connectivity index (χ2v) is 11.3. The number of hydrogen-bond acceptors (Lipinski definition) is 3. The molecule has 4 aromatic carbocycles. The van der Waals surface area contributed by atoms with Crippen molar-refractivity contribution in [3.8, 4) is 22.5 Å². The molecule has 0 fully saturated rings. The topological polar surface area (TPSA) is 63.3 Å². The minimum absolute atomic E-state index is 0.0524. The fourth-order valence-corrected chi connectivity index (χ4v) is 4.84. The van der Waals surface area contributed by atoms with E-state index in [4.69, 9.17) is 16.1 Å². The highest BCUT2D eigenvalue weighted by atomic mass is 35.5. The zero-order valence-electron chi connectivity index (χ0n) is 22.2. The van der Waals surface area contributed by atoms with Gasteiger partial charge < -0.3 is 9.63 Å². The van der Waals surface area contributed by atoms with Crippen molar-refractivity contribution in [3.63, 3.8) is 0 Å². The predicted octanol–water partition coefficient (Wildman–Crippen LogP) is 9.03. The van der Waals surface area contributed by atoms with Crippen LogP contribution in [0.4, 0.5) is 0 Å². The van der Waals surface area contributed by atoms with E-state index in [2.05, 4.69) is 62.3 Å². The van der Waals surface area contributed by atoms with E-state index in [9.17, 15) is 9.90 Å². The molecule has 1 aromatic heterocycles. The first-order valence-electron chi connectivity index (χ1n) is 12.9. The molecule has 0 bridgehead atoms. The Kier molecular flexibility index (Phi) is 7.40. The van der Waals surface area contributed by atoms with Gasteiger partial charge in [0.25, 0.3) is 0 Å². The minimum atomic E-state index is -0.933. The van der Waals surface area contributed by atoms with Gasteiger partial charge in [-0.15, -0.1) is 0 Å². The van der Waals surface area contributed by atoms with E-state index in [0.29, 0.717) is 17.2 Å². The third kappa shape index (κ3) is 6.13. The lowest BCUT2D eigenvalue weighted by Gasteiger charge is -2.21. The first-order valence-corrected chi connectivity index (χ1v) is 13.3. The smallest absolute Gasteiger partial charge is 0.335 e. The van der Waals surface area contributed by atoms with Crippen LogP contribution in [0.3, 0.4) is 0 Å². The summed E-state index contributed by atoms with van der Waals surface area (Å²) in [6.45, 7) is 6.60. The van der Waals surface area contributed by atoms with Crippen LogP contribution in [0.5, 0.6) is 0 Å². The van der Waals surface area contributed by atoms with Crippen molar-refractivity contribution in [3.05, 3.63) is 136 Å². The van der Waals surface area contributed by atoms with Crippen LogP contribution in [0.1, 0.15) is 59.4 Å². The molecule has 5 rings (SSSR count). The fourth-order valence-electron chi connectivity index (χ4n) is 4.71. The van der Waals surface area contributed by atoms with E-state index >= 15 is 0 Å². The first-order chi connectivity index (χ1) is 18.7. The zero-order chi connectivity index (χ0) is 27.6. The molecule has 0 unspecified atom stereocenters. The Balaban J connectivity index is 1.49. The number of aromatic nitrogens is 1. The molecule has 5 aromatic rings. The molecule has 0 saturated heterocycles. The van der Waals surface area contributed by atoms with Crippen molar-refractivity contribution < 1.29 is 14.4 Å². The monoisotopic (exact) mass is 535 g/mol. The molecule has 39 heavy (non-hydrogen) atoms. The third-order valence-corrected chi connectivity index (χ3v) is 7.28. The lowest BCUT2D eigenvalue weighted by molar-refractivity contribution is 0.0697. The lowest BCUT2D eigenvalue weighted by Crippen LogP contribution is -2.12. The second kappa shape index (κ2) is 10.9. The van der Waals surface area contributed by atoms with Crippen LogP contribution in [0.25, 0.3) is 22.5 Å². The number of carbonyl (C=O) groups is 1. The average Bonchev–Trinajstić information content (AvgIpc) is 3.42. The van der Waals surface area contributed by atoms with Gasteiger partial charge in [0.15, 0.2) is 5.76 Å². The van der Waals surface area contributed by atoms with Crippen molar-refractivity contribution in [2.45, 2.75) is 38.5 Å². The summed E-state index contributed by atoms with van der Waals surface area (Å²) in [5, 5.41) is 14.5. The number of carboxylic acid groups (broad SMARTS) is 1. The van der Waals surface area contributed by atoms with Crippen LogP contribution in [0.15, 0.2) is 108 Å². The lowest BCUT2D eigenvalue weighted by atomic mass is 9.83. The van der Waals surface area contributed by atoms with Gasteiger partial charge in [0.05, 0.1) is 11.3 Å². The molecular formula is C34H30ClNO3. The summed E-state index contributed by atoms with van der Waals surface area (Å²) < 4.78 is 5.88. The molecule has 1 atom stereocenters. The van der Waals surface area contributed by atoms with Crippen LogP contribution in [-0.4, -0.2) is 16.2 Å². The quantitative estimate of drug-likeness (QED) is 0.226. The maximum atomic E-state index is 11.3. The molecule has 0 aliphatic rings. The van der Waals surface area contributed by atoms with E-state index in [1.54, 1.807) is 12.1 Å². The molecule has 0 radical (unpaired) electrons. The van der Waals surface area contributed by atoms with Crippen LogP contribution >= 0.6 is 11.6 Å². The Morgan fingerprint density at radius 2 is 1.51 bits per heavy atom. The summed E-state index contributed by atoms with van der Waals surface area (Å²) in [4.78, 5) is 11.3. The standard InChI is InChI=1S/C34H30ClNO3/c1-34(2,3)28-15-11-24(12-16-28)30(19-22-7-9-25(10-8-22)33(37)38)31-21-32(39-36-31)27-6-4-5-26(20-27)23-13-17-29(35)18-14-23/h4-18,20-21,30H,19H2,1-3H3,(H,37,38)/t30-/m0/s1. The summed E-state index contributed by atoms with van der Waals surface area (Å²) in [6.07, 6.45) is 0.658. The van der Waals surface area contributed by atoms with E-state index in [0.717, 1.165) is 33.5 Å². The number of rotatable bonds is 7. The molecule has 0 amide bonds. The van der Waals surface area contributed by atoms with Gasteiger partial charge in [-0.05, 0) is 70.0 Å². The summed E-state index contributed by atoms with van der Waals surface area (Å²) in [7, 11) is 0. The van der Waals surface area contributed by atoms with Gasteiger partial charge in [-0.1, -0.05) is 104 Å². The molecule has 196 valence electrons. The number of nitrogens with zero attached hydrogens (tertiary/aromatic N) is 1. The van der Waals surface area contributed by atoms with Crippen LogP contribution in [0, 0.1) is 0 Å². The molecule has 4 nitrogen and oxygen atoms in total. The van der Waals surface area contributed by atoms with Crippen molar-refractivity contribution in [1.29, 1.82) is 0 Å². The highest BCUT2D eigenvalue weighted by molar-refractivity contribution is 6.30. The largest absolute Gasteiger partial charge is 0.478 e. The molecule has 0 aliphatic heterocycles. The predicted molar refractivity (Wildman–Crippen MR) is 156 cm³/mol. The highest BCUT2D eigenvalue weighted by Gasteiger charge is 2.22. The number of benzene rings is 4. The minimum Gasteiger partial charge on any atom is -0.478 e. The molecule has 0 spiro atoms. The van der Waals surface area contributed by atoms with Crippen molar-refractivity contribution in [2.75, 3.05) is 0 Å². The van der Waals surface area contributed by atoms with Crippen LogP contribution in [0.2, 0.25) is 5.02 Å². The van der Waals surface area contributed by atoms with E-state index in [1.165, 1.54) is 5.56 Å². The number of aromatic carboxylic acids is 1. The SMILES string of the molecule is CC(C)(C)c1ccc([C@H](Cc2ccc(C(=O)O)cc2)c2cc(-c3cccc(-c4ccc(Cl)cc4)c3)on2)cc1. The maximum absolute atomic E-state index is 11.3. The van der Waals surface area contributed by atoms with Crippen molar-refractivity contribution >= 4 is 17.6 Å². The second-order valence-electron chi connectivity index (χ2n) is 10.8. The van der Waals surface area contributed by atoms with E-state index in [1.807, 2.05) is 54.6 Å². The summed E-state index contributed by atoms with van der Waals surface area (Å²) in [5.41, 5.74) is 7.64. The Morgan fingerprint density at radius 3 is 2.15 bits per heavy atom. The Morgan fingerprint density at radius 1 is 0.846 bits per heavy atom. The number of carboxylic acids is 1. The third-order valence-electron chi connectivity index (χ3n) is 7.03. The normalized spacial score (nSPS) is 12.3. The van der Waals surface area contributed by atoms with Gasteiger partial charge in [0.2, 0.25) is 0 Å². The van der Waals surface area contributed by atoms with Gasteiger partial charge in [0, 0.05) is 22.6 Å². The Bertz CT molecular complexity index is 1580. The molecule has 1 heterocycles. The van der Waals surface area contributed by atoms with Gasteiger partial charge in [-0.2, -0.15) is 0 Å². The maximum Gasteiger partial charge on any atom is 0.335 e. The van der Waals surface area contributed by atoms with Gasteiger partial charge in [-0.3, -0.25) is 0 Å². The van der Waals surface area contributed by atoms with Gasteiger partial charge >= 0.3 is 5.97 Å². The Hall–Kier alpha value is -4.15. The van der Waals surface area contributed by atoms with E-state index < -0.39 is 5.97 Å². The summed E-state index contributed by atoms with van der Waals surface area (Å²) in [5.74, 6) is -0.303. The molecular weight excluding hydrogens is 506 g/mol.